The highest BCUT2D eigenvalue weighted by Crippen LogP contribution is 2.17. The van der Waals surface area contributed by atoms with Crippen LogP contribution in [0.1, 0.15) is 72.2 Å². The van der Waals surface area contributed by atoms with Gasteiger partial charge in [-0.15, -0.1) is 0 Å². The van der Waals surface area contributed by atoms with E-state index in [2.05, 4.69) is 36.4 Å². The number of unbranched alkanes of at least 4 members (excludes halogenated alkanes) is 2. The molecule has 2 N–H and O–H groups in total. The van der Waals surface area contributed by atoms with E-state index in [4.69, 9.17) is 0 Å². The second-order valence-electron chi connectivity index (χ2n) is 6.66. The molecule has 0 aliphatic carbocycles. The highest BCUT2D eigenvalue weighted by Gasteiger charge is 2.11. The van der Waals surface area contributed by atoms with Crippen LogP contribution >= 0.6 is 0 Å². The first-order valence-electron chi connectivity index (χ1n) is 9.15. The topological polar surface area (TPSA) is 71.1 Å². The van der Waals surface area contributed by atoms with Crippen molar-refractivity contribution in [2.45, 2.75) is 46.0 Å². The smallest absolute Gasteiger partial charge is 0.257 e. The molecule has 5 nitrogen and oxygen atoms in total. The summed E-state index contributed by atoms with van der Waals surface area (Å²) < 4.78 is 0. The number of pyridine rings is 1. The first kappa shape index (κ1) is 19.6. The minimum absolute atomic E-state index is 0.204. The van der Waals surface area contributed by atoms with Gasteiger partial charge in [0.1, 0.15) is 0 Å². The monoisotopic (exact) mass is 353 g/mol. The van der Waals surface area contributed by atoms with E-state index in [1.807, 2.05) is 24.3 Å². The van der Waals surface area contributed by atoms with Gasteiger partial charge < -0.3 is 10.6 Å². The molecule has 0 bridgehead atoms. The van der Waals surface area contributed by atoms with Crippen molar-refractivity contribution in [1.29, 1.82) is 0 Å². The molecule has 0 aliphatic heterocycles. The number of aromatic nitrogens is 1. The average molecular weight is 353 g/mol. The number of carbonyl (C=O) groups is 2. The summed E-state index contributed by atoms with van der Waals surface area (Å²) in [6.45, 7) is 6.99. The first-order chi connectivity index (χ1) is 12.5. The number of nitrogens with one attached hydrogen (secondary N) is 2. The lowest BCUT2D eigenvalue weighted by Gasteiger charge is -2.09. The maximum atomic E-state index is 12.4. The Labute approximate surface area is 155 Å². The largest absolute Gasteiger partial charge is 0.352 e. The van der Waals surface area contributed by atoms with Crippen molar-refractivity contribution < 1.29 is 9.59 Å². The summed E-state index contributed by atoms with van der Waals surface area (Å²) in [5, 5.41) is 5.70. The van der Waals surface area contributed by atoms with Gasteiger partial charge in [-0.25, -0.2) is 0 Å². The molecule has 2 aromatic rings. The van der Waals surface area contributed by atoms with Crippen LogP contribution in [0.15, 0.2) is 42.7 Å². The molecule has 1 heterocycles. The van der Waals surface area contributed by atoms with Gasteiger partial charge in [-0.2, -0.15) is 0 Å². The number of carbonyl (C=O) groups excluding carboxylic acids is 2. The molecule has 0 spiro atoms. The molecule has 0 atom stereocenters. The van der Waals surface area contributed by atoms with Gasteiger partial charge in [-0.1, -0.05) is 45.7 Å². The summed E-state index contributed by atoms with van der Waals surface area (Å²) in [4.78, 5) is 28.6. The number of rotatable bonds is 8. The van der Waals surface area contributed by atoms with Crippen molar-refractivity contribution in [1.82, 2.24) is 10.3 Å². The minimum atomic E-state index is -0.282. The molecule has 0 saturated carbocycles. The van der Waals surface area contributed by atoms with Crippen molar-refractivity contribution >= 4 is 17.5 Å². The maximum absolute atomic E-state index is 12.4. The standard InChI is InChI=1S/C21H27N3O2/c1-4-5-6-11-23-20(25)17-12-18(14-22-13-17)21(26)24-19-9-7-16(8-10-19)15(2)3/h7-10,12-15H,4-6,11H2,1-3H3,(H,23,25)(H,24,26). The normalized spacial score (nSPS) is 10.6. The van der Waals surface area contributed by atoms with Crippen LogP contribution in [0.4, 0.5) is 5.69 Å². The molecular formula is C21H27N3O2. The summed E-state index contributed by atoms with van der Waals surface area (Å²) in [7, 11) is 0. The van der Waals surface area contributed by atoms with Crippen LogP contribution in [-0.4, -0.2) is 23.3 Å². The fourth-order valence-electron chi connectivity index (χ4n) is 2.52. The third-order valence-electron chi connectivity index (χ3n) is 4.16. The van der Waals surface area contributed by atoms with Crippen molar-refractivity contribution in [2.24, 2.45) is 0 Å². The van der Waals surface area contributed by atoms with E-state index in [1.165, 1.54) is 18.0 Å². The lowest BCUT2D eigenvalue weighted by molar-refractivity contribution is 0.0952. The van der Waals surface area contributed by atoms with Gasteiger partial charge in [0.05, 0.1) is 11.1 Å². The fourth-order valence-corrected chi connectivity index (χ4v) is 2.52. The van der Waals surface area contributed by atoms with Crippen molar-refractivity contribution in [2.75, 3.05) is 11.9 Å². The molecule has 0 unspecified atom stereocenters. The van der Waals surface area contributed by atoms with Gasteiger partial charge in [0.25, 0.3) is 11.8 Å². The van der Waals surface area contributed by atoms with Gasteiger partial charge in [0.2, 0.25) is 0 Å². The van der Waals surface area contributed by atoms with Crippen LogP contribution in [-0.2, 0) is 0 Å². The Balaban J connectivity index is 1.99. The summed E-state index contributed by atoms with van der Waals surface area (Å²) in [5.41, 5.74) is 2.68. The summed E-state index contributed by atoms with van der Waals surface area (Å²) in [6.07, 6.45) is 6.07. The zero-order valence-electron chi connectivity index (χ0n) is 15.7. The van der Waals surface area contributed by atoms with E-state index in [9.17, 15) is 9.59 Å². The lowest BCUT2D eigenvalue weighted by atomic mass is 10.0. The van der Waals surface area contributed by atoms with E-state index >= 15 is 0 Å². The Bertz CT molecular complexity index is 739. The second kappa shape index (κ2) is 9.70. The minimum Gasteiger partial charge on any atom is -0.352 e. The number of hydrogen-bond acceptors (Lipinski definition) is 3. The van der Waals surface area contributed by atoms with Gasteiger partial charge >= 0.3 is 0 Å². The Kier molecular flexibility index (Phi) is 7.33. The van der Waals surface area contributed by atoms with Crippen LogP contribution in [0.5, 0.6) is 0 Å². The number of nitrogens with zero attached hydrogens (tertiary/aromatic N) is 1. The molecule has 2 amide bonds. The molecule has 2 rings (SSSR count). The number of hydrogen-bond donors (Lipinski definition) is 2. The summed E-state index contributed by atoms with van der Waals surface area (Å²) in [5.74, 6) is -0.0450. The Morgan fingerprint density at radius 1 is 1.00 bits per heavy atom. The van der Waals surface area contributed by atoms with Crippen LogP contribution in [0.3, 0.4) is 0 Å². The maximum Gasteiger partial charge on any atom is 0.257 e. The molecule has 0 saturated heterocycles. The van der Waals surface area contributed by atoms with Crippen LogP contribution < -0.4 is 10.6 Å². The SMILES string of the molecule is CCCCCNC(=O)c1cncc(C(=O)Nc2ccc(C(C)C)cc2)c1. The fraction of sp³-hybridized carbons (Fsp3) is 0.381. The van der Waals surface area contributed by atoms with E-state index in [1.54, 1.807) is 6.07 Å². The Morgan fingerprint density at radius 2 is 1.65 bits per heavy atom. The molecule has 0 radical (unpaired) electrons. The van der Waals surface area contributed by atoms with E-state index < -0.39 is 0 Å². The molecule has 1 aromatic heterocycles. The third kappa shape index (κ3) is 5.69. The molecule has 1 aromatic carbocycles. The zero-order chi connectivity index (χ0) is 18.9. The van der Waals surface area contributed by atoms with Crippen molar-refractivity contribution in [3.8, 4) is 0 Å². The highest BCUT2D eigenvalue weighted by atomic mass is 16.2. The van der Waals surface area contributed by atoms with Crippen LogP contribution in [0.25, 0.3) is 0 Å². The van der Waals surface area contributed by atoms with Crippen molar-refractivity contribution in [3.63, 3.8) is 0 Å². The Morgan fingerprint density at radius 3 is 2.27 bits per heavy atom. The van der Waals surface area contributed by atoms with Gasteiger partial charge in [0.15, 0.2) is 0 Å². The summed E-state index contributed by atoms with van der Waals surface area (Å²) >= 11 is 0. The molecule has 0 fully saturated rings. The van der Waals surface area contributed by atoms with E-state index in [-0.39, 0.29) is 11.8 Å². The summed E-state index contributed by atoms with van der Waals surface area (Å²) in [6, 6.07) is 9.33. The van der Waals surface area contributed by atoms with Gasteiger partial charge in [0, 0.05) is 24.6 Å². The predicted octanol–water partition coefficient (Wildman–Crippen LogP) is 4.38. The van der Waals surface area contributed by atoms with Gasteiger partial charge in [-0.05, 0) is 36.1 Å². The van der Waals surface area contributed by atoms with Crippen molar-refractivity contribution in [3.05, 3.63) is 59.4 Å². The quantitative estimate of drug-likeness (QED) is 0.692. The molecule has 138 valence electrons. The molecule has 5 heteroatoms. The van der Waals surface area contributed by atoms with E-state index in [0.29, 0.717) is 29.3 Å². The first-order valence-corrected chi connectivity index (χ1v) is 9.15. The third-order valence-corrected chi connectivity index (χ3v) is 4.16. The highest BCUT2D eigenvalue weighted by molar-refractivity contribution is 6.05. The van der Waals surface area contributed by atoms with Gasteiger partial charge in [-0.3, -0.25) is 14.6 Å². The number of amides is 2. The van der Waals surface area contributed by atoms with Crippen LogP contribution in [0.2, 0.25) is 0 Å². The Hall–Kier alpha value is -2.69. The number of anilines is 1. The second-order valence-corrected chi connectivity index (χ2v) is 6.66. The number of benzene rings is 1. The van der Waals surface area contributed by atoms with E-state index in [0.717, 1.165) is 19.3 Å². The zero-order valence-corrected chi connectivity index (χ0v) is 15.7. The molecule has 0 aliphatic rings. The average Bonchev–Trinajstić information content (AvgIpc) is 2.65. The lowest BCUT2D eigenvalue weighted by Crippen LogP contribution is -2.25. The predicted molar refractivity (Wildman–Crippen MR) is 105 cm³/mol. The molecular weight excluding hydrogens is 326 g/mol. The molecule has 26 heavy (non-hydrogen) atoms. The van der Waals surface area contributed by atoms with Crippen LogP contribution in [0, 0.1) is 0 Å².